The Morgan fingerprint density at radius 3 is 3.06 bits per heavy atom. The van der Waals surface area contributed by atoms with Crippen molar-refractivity contribution in [3.8, 4) is 0 Å². The summed E-state index contributed by atoms with van der Waals surface area (Å²) >= 11 is 1.47. The minimum absolute atomic E-state index is 0. The van der Waals surface area contributed by atoms with Gasteiger partial charge >= 0.3 is 5.97 Å². The third-order valence-electron chi connectivity index (χ3n) is 3.43. The summed E-state index contributed by atoms with van der Waals surface area (Å²) in [4.78, 5) is 26.6. The van der Waals surface area contributed by atoms with E-state index in [2.05, 4.69) is 17.7 Å². The Balaban J connectivity index is 0.00000120. The maximum absolute atomic E-state index is 12.0. The molecule has 1 radical (unpaired) electrons. The molecule has 9 heteroatoms. The van der Waals surface area contributed by atoms with E-state index >= 15 is 0 Å². The van der Waals surface area contributed by atoms with Crippen molar-refractivity contribution in [1.29, 1.82) is 0 Å². The second kappa shape index (κ2) is 4.70. The Hall–Kier alpha value is -0.246. The van der Waals surface area contributed by atoms with E-state index in [1.54, 1.807) is 4.90 Å². The van der Waals surface area contributed by atoms with Gasteiger partial charge in [-0.3, -0.25) is 26.9 Å². The number of aliphatic carboxylic acids is 1. The number of hydrogen-bond acceptors (Lipinski definition) is 6. The number of nitrogens with one attached hydrogen (secondary N) is 2. The summed E-state index contributed by atoms with van der Waals surface area (Å²) in [7, 11) is 3.51. The molecular formula is C9H13N4O3SV-. The summed E-state index contributed by atoms with van der Waals surface area (Å²) in [6, 6.07) is -0.833. The zero-order chi connectivity index (χ0) is 12.2. The molecule has 3 saturated heterocycles. The van der Waals surface area contributed by atoms with Crippen molar-refractivity contribution in [3.05, 3.63) is 7.05 Å². The Morgan fingerprint density at radius 2 is 2.44 bits per heavy atom. The Labute approximate surface area is 121 Å². The van der Waals surface area contributed by atoms with Gasteiger partial charge in [0.15, 0.2) is 0 Å². The van der Waals surface area contributed by atoms with Crippen molar-refractivity contribution in [2.45, 2.75) is 17.2 Å². The van der Waals surface area contributed by atoms with E-state index in [-0.39, 0.29) is 30.5 Å². The number of amides is 1. The average molecular weight is 308 g/mol. The molecule has 0 saturated carbocycles. The molecule has 0 bridgehead atoms. The van der Waals surface area contributed by atoms with Crippen molar-refractivity contribution in [2.24, 2.45) is 0 Å². The molecule has 18 heavy (non-hydrogen) atoms. The molecule has 99 valence electrons. The van der Waals surface area contributed by atoms with Crippen LogP contribution in [0.3, 0.4) is 0 Å². The molecular weight excluding hydrogens is 295 g/mol. The molecule has 7 nitrogen and oxygen atoms in total. The van der Waals surface area contributed by atoms with Crippen LogP contribution in [0.4, 0.5) is 0 Å². The molecule has 3 aliphatic rings. The minimum Gasteiger partial charge on any atom is -0.480 e. The van der Waals surface area contributed by atoms with Crippen LogP contribution in [0.25, 0.3) is 0 Å². The van der Waals surface area contributed by atoms with Crippen LogP contribution in [0.5, 0.6) is 0 Å². The van der Waals surface area contributed by atoms with Gasteiger partial charge in [0.05, 0.1) is 6.67 Å². The molecule has 3 heterocycles. The van der Waals surface area contributed by atoms with Crippen LogP contribution in [-0.4, -0.2) is 63.0 Å². The van der Waals surface area contributed by atoms with Crippen LogP contribution < -0.4 is 10.6 Å². The first-order chi connectivity index (χ1) is 8.10. The van der Waals surface area contributed by atoms with Crippen LogP contribution in [0, 0.1) is 7.05 Å². The van der Waals surface area contributed by atoms with Crippen LogP contribution in [-0.2, 0) is 28.1 Å². The van der Waals surface area contributed by atoms with E-state index in [1.165, 1.54) is 11.8 Å². The van der Waals surface area contributed by atoms with E-state index in [9.17, 15) is 9.59 Å². The first-order valence-electron chi connectivity index (χ1n) is 5.33. The molecule has 0 aromatic carbocycles. The fourth-order valence-electron chi connectivity index (χ4n) is 2.56. The summed E-state index contributed by atoms with van der Waals surface area (Å²) in [6.07, 6.45) is 0. The van der Waals surface area contributed by atoms with Crippen LogP contribution in [0.15, 0.2) is 0 Å². The first-order valence-corrected chi connectivity index (χ1v) is 6.31. The first kappa shape index (κ1) is 14.2. The van der Waals surface area contributed by atoms with Gasteiger partial charge in [-0.1, -0.05) is 11.8 Å². The van der Waals surface area contributed by atoms with E-state index < -0.39 is 17.1 Å². The number of carbonyl (C=O) groups excluding carboxylic acids is 1. The zero-order valence-electron chi connectivity index (χ0n) is 9.50. The van der Waals surface area contributed by atoms with Gasteiger partial charge in [0.2, 0.25) is 11.0 Å². The number of nitrogens with zero attached hydrogens (tertiary/aromatic N) is 2. The number of rotatable bonds is 3. The largest absolute Gasteiger partial charge is 0.480 e. The van der Waals surface area contributed by atoms with Crippen LogP contribution >= 0.6 is 11.8 Å². The normalized spacial score (nSPS) is 37.8. The van der Waals surface area contributed by atoms with Crippen LogP contribution in [0.1, 0.15) is 0 Å². The number of carboxylic acids is 1. The molecule has 0 aromatic heterocycles. The zero-order valence-corrected chi connectivity index (χ0v) is 11.7. The summed E-state index contributed by atoms with van der Waals surface area (Å²) in [6.45, 7) is 0.840. The fourth-order valence-corrected chi connectivity index (χ4v) is 4.16. The molecule has 3 rings (SSSR count). The Kier molecular flexibility index (Phi) is 3.70. The monoisotopic (exact) mass is 308 g/mol. The van der Waals surface area contributed by atoms with Crippen molar-refractivity contribution in [3.63, 3.8) is 0 Å². The summed E-state index contributed by atoms with van der Waals surface area (Å²) in [5.41, 5.74) is 0. The van der Waals surface area contributed by atoms with Gasteiger partial charge in [-0.15, -0.1) is 0 Å². The number of carboxylic acid groups (broad SMARTS) is 1. The molecule has 0 aliphatic carbocycles. The number of hydrogen-bond donors (Lipinski definition) is 3. The second-order valence-electron chi connectivity index (χ2n) is 4.30. The summed E-state index contributed by atoms with van der Waals surface area (Å²) < 4.78 is 0. The smallest absolute Gasteiger partial charge is 0.321 e. The predicted molar refractivity (Wildman–Crippen MR) is 60.4 cm³/mol. The second-order valence-corrected chi connectivity index (χ2v) is 5.49. The fraction of sp³-hybridized carbons (Fsp3) is 0.667. The molecule has 1 spiro atoms. The van der Waals surface area contributed by atoms with Crippen LogP contribution in [0.2, 0.25) is 0 Å². The predicted octanol–water partition coefficient (Wildman–Crippen LogP) is -1.75. The van der Waals surface area contributed by atoms with Gasteiger partial charge in [-0.25, -0.2) is 4.90 Å². The third-order valence-corrected chi connectivity index (χ3v) is 4.89. The Morgan fingerprint density at radius 1 is 1.72 bits per heavy atom. The molecule has 1 amide bonds. The molecule has 3 atom stereocenters. The molecule has 0 aromatic rings. The topological polar surface area (TPSA) is 84.9 Å². The van der Waals surface area contributed by atoms with Gasteiger partial charge in [0.25, 0.3) is 0 Å². The van der Waals surface area contributed by atoms with Crippen molar-refractivity contribution >= 4 is 23.6 Å². The summed E-state index contributed by atoms with van der Waals surface area (Å²) in [5.74, 6) is -0.325. The van der Waals surface area contributed by atoms with Crippen molar-refractivity contribution in [2.75, 3.05) is 19.0 Å². The maximum Gasteiger partial charge on any atom is 0.321 e. The van der Waals surface area contributed by atoms with Crippen molar-refractivity contribution < 1.29 is 33.3 Å². The number of thioether (sulfide) groups is 1. The number of carbonyl (C=O) groups is 2. The molecule has 3 fully saturated rings. The minimum atomic E-state index is -0.831. The standard InChI is InChI=1S/C9H13N4O3S.V/c1-10-2-5-7(14)13-4-12-6(8(15)16)3-17-9(12,13)11-5;/h5-6,10-11H,1-4H2,(H,15,16);/q-1;/t5?,6?,9-;/m1./s1. The molecule has 2 unspecified atom stereocenters. The van der Waals surface area contributed by atoms with Crippen molar-refractivity contribution in [1.82, 2.24) is 20.4 Å². The van der Waals surface area contributed by atoms with Gasteiger partial charge < -0.3 is 10.4 Å². The molecule has 3 aliphatic heterocycles. The Bertz CT molecular complexity index is 398. The quantitative estimate of drug-likeness (QED) is 0.533. The maximum atomic E-state index is 12.0. The molecule has 3 N–H and O–H groups in total. The van der Waals surface area contributed by atoms with E-state index in [0.29, 0.717) is 19.0 Å². The average Bonchev–Trinajstić information content (AvgIpc) is 2.63. The van der Waals surface area contributed by atoms with E-state index in [4.69, 9.17) is 5.11 Å². The van der Waals surface area contributed by atoms with Gasteiger partial charge in [-0.05, 0) is 6.54 Å². The summed E-state index contributed by atoms with van der Waals surface area (Å²) in [5, 5.41) is 14.4. The van der Waals surface area contributed by atoms with Gasteiger partial charge in [0.1, 0.15) is 12.1 Å². The van der Waals surface area contributed by atoms with Gasteiger partial charge in [0, 0.05) is 24.3 Å². The van der Waals surface area contributed by atoms with Gasteiger partial charge in [-0.2, -0.15) is 0 Å². The van der Waals surface area contributed by atoms with E-state index in [1.807, 2.05) is 4.90 Å². The third kappa shape index (κ3) is 1.64. The van der Waals surface area contributed by atoms with E-state index in [0.717, 1.165) is 0 Å². The SMILES string of the molecule is [CH2-]NCC1N[C@@]23SCC(C(=O)O)N2CN3C1=O.[V].